The molecule has 0 aromatic carbocycles. The number of aliphatic carboxylic acids is 1. The Labute approximate surface area is 92.0 Å². The summed E-state index contributed by atoms with van der Waals surface area (Å²) >= 11 is 0. The maximum absolute atomic E-state index is 11.0. The number of rotatable bonds is 4. The van der Waals surface area contributed by atoms with Crippen LogP contribution >= 0.6 is 0 Å². The predicted octanol–water partition coefficient (Wildman–Crippen LogP) is 1.85. The molecule has 4 nitrogen and oxygen atoms in total. The number of hydrogen-bond acceptors (Lipinski definition) is 3. The Balaban J connectivity index is 4.17. The molecule has 0 amide bonds. The summed E-state index contributed by atoms with van der Waals surface area (Å²) in [7, 11) is 0. The molecule has 0 aromatic heterocycles. The van der Waals surface area contributed by atoms with E-state index in [0.717, 1.165) is 0 Å². The maximum Gasteiger partial charge on any atom is 0.321 e. The Morgan fingerprint density at radius 1 is 1.27 bits per heavy atom. The minimum Gasteiger partial charge on any atom is -0.480 e. The molecule has 2 N–H and O–H groups in total. The van der Waals surface area contributed by atoms with Gasteiger partial charge in [0.25, 0.3) is 0 Å². The van der Waals surface area contributed by atoms with Gasteiger partial charge in [-0.1, -0.05) is 20.8 Å². The quantitative estimate of drug-likeness (QED) is 0.706. The fourth-order valence-corrected chi connectivity index (χ4v) is 1.11. The van der Waals surface area contributed by atoms with E-state index in [9.17, 15) is 4.79 Å². The molecule has 0 aliphatic heterocycles. The summed E-state index contributed by atoms with van der Waals surface area (Å²) in [4.78, 5) is 11.0. The van der Waals surface area contributed by atoms with E-state index in [0.29, 0.717) is 0 Å². The Hall–Kier alpha value is -0.610. The molecule has 0 fully saturated rings. The molecule has 0 spiro atoms. The zero-order valence-corrected chi connectivity index (χ0v) is 10.5. The molecule has 1 unspecified atom stereocenters. The standard InChI is InChI=1S/C11H23NO3/c1-10(2,3)8(9(13)14)12-7-15-11(4,5)6/h8,12H,7H2,1-6H3,(H,13,14). The van der Waals surface area contributed by atoms with Crippen molar-refractivity contribution in [3.8, 4) is 0 Å². The Kier molecular flexibility index (Phi) is 4.74. The molecule has 0 aliphatic carbocycles. The third-order valence-corrected chi connectivity index (χ3v) is 1.91. The van der Waals surface area contributed by atoms with E-state index in [1.807, 2.05) is 41.5 Å². The first-order valence-corrected chi connectivity index (χ1v) is 5.14. The van der Waals surface area contributed by atoms with Crippen molar-refractivity contribution in [3.05, 3.63) is 0 Å². The molecule has 0 rings (SSSR count). The van der Waals surface area contributed by atoms with Gasteiger partial charge in [0.1, 0.15) is 6.04 Å². The molecular formula is C11H23NO3. The highest BCUT2D eigenvalue weighted by atomic mass is 16.5. The van der Waals surface area contributed by atoms with Crippen LogP contribution in [-0.4, -0.2) is 29.4 Å². The molecule has 0 aromatic rings. The number of carboxylic acid groups (broad SMARTS) is 1. The van der Waals surface area contributed by atoms with Gasteiger partial charge < -0.3 is 9.84 Å². The van der Waals surface area contributed by atoms with E-state index in [2.05, 4.69) is 5.32 Å². The molecule has 4 heteroatoms. The largest absolute Gasteiger partial charge is 0.480 e. The van der Waals surface area contributed by atoms with Crippen molar-refractivity contribution in [2.45, 2.75) is 53.2 Å². The lowest BCUT2D eigenvalue weighted by molar-refractivity contribution is -0.143. The van der Waals surface area contributed by atoms with Crippen molar-refractivity contribution in [2.75, 3.05) is 6.73 Å². The molecule has 0 saturated carbocycles. The summed E-state index contributed by atoms with van der Waals surface area (Å²) in [5.41, 5.74) is -0.582. The average molecular weight is 217 g/mol. The minimum atomic E-state index is -0.847. The van der Waals surface area contributed by atoms with Crippen LogP contribution in [0.5, 0.6) is 0 Å². The summed E-state index contributed by atoms with van der Waals surface area (Å²) in [5, 5.41) is 11.9. The van der Waals surface area contributed by atoms with Crippen molar-refractivity contribution in [3.63, 3.8) is 0 Å². The third kappa shape index (κ3) is 6.47. The van der Waals surface area contributed by atoms with Gasteiger partial charge in [-0.3, -0.25) is 10.1 Å². The molecule has 15 heavy (non-hydrogen) atoms. The van der Waals surface area contributed by atoms with Gasteiger partial charge in [-0.05, 0) is 26.2 Å². The second-order valence-corrected chi connectivity index (χ2v) is 5.74. The van der Waals surface area contributed by atoms with Gasteiger partial charge in [0.15, 0.2) is 0 Å². The number of carboxylic acids is 1. The van der Waals surface area contributed by atoms with Crippen LogP contribution in [0.2, 0.25) is 0 Å². The average Bonchev–Trinajstić information content (AvgIpc) is 1.92. The van der Waals surface area contributed by atoms with E-state index in [1.54, 1.807) is 0 Å². The van der Waals surface area contributed by atoms with E-state index < -0.39 is 12.0 Å². The zero-order chi connectivity index (χ0) is 12.3. The summed E-state index contributed by atoms with van der Waals surface area (Å²) in [6, 6.07) is -0.597. The number of carbonyl (C=O) groups is 1. The zero-order valence-electron chi connectivity index (χ0n) is 10.5. The molecule has 0 saturated heterocycles. The van der Waals surface area contributed by atoms with Crippen molar-refractivity contribution in [1.29, 1.82) is 0 Å². The first-order valence-electron chi connectivity index (χ1n) is 5.14. The molecule has 0 radical (unpaired) electrons. The van der Waals surface area contributed by atoms with Crippen LogP contribution in [0, 0.1) is 5.41 Å². The summed E-state index contributed by atoms with van der Waals surface area (Å²) in [6.45, 7) is 11.7. The van der Waals surface area contributed by atoms with Gasteiger partial charge in [-0.2, -0.15) is 0 Å². The van der Waals surface area contributed by atoms with E-state index in [4.69, 9.17) is 9.84 Å². The summed E-state index contributed by atoms with van der Waals surface area (Å²) < 4.78 is 5.43. The third-order valence-electron chi connectivity index (χ3n) is 1.91. The van der Waals surface area contributed by atoms with Gasteiger partial charge in [-0.15, -0.1) is 0 Å². The number of hydrogen-bond donors (Lipinski definition) is 2. The van der Waals surface area contributed by atoms with Crippen LogP contribution in [0.15, 0.2) is 0 Å². The highest BCUT2D eigenvalue weighted by Gasteiger charge is 2.30. The van der Waals surface area contributed by atoms with Crippen LogP contribution in [0.1, 0.15) is 41.5 Å². The van der Waals surface area contributed by atoms with E-state index in [-0.39, 0.29) is 17.7 Å². The molecule has 1 atom stereocenters. The van der Waals surface area contributed by atoms with E-state index >= 15 is 0 Å². The van der Waals surface area contributed by atoms with Gasteiger partial charge in [-0.25, -0.2) is 0 Å². The lowest BCUT2D eigenvalue weighted by Crippen LogP contribution is -2.48. The Morgan fingerprint density at radius 3 is 2.00 bits per heavy atom. The normalized spacial score (nSPS) is 15.1. The fraction of sp³-hybridized carbons (Fsp3) is 0.909. The summed E-state index contributed by atoms with van der Waals surface area (Å²) in [5.74, 6) is -0.847. The van der Waals surface area contributed by atoms with Crippen molar-refractivity contribution >= 4 is 5.97 Å². The van der Waals surface area contributed by atoms with Crippen molar-refractivity contribution < 1.29 is 14.6 Å². The minimum absolute atomic E-state index is 0.248. The van der Waals surface area contributed by atoms with Gasteiger partial charge in [0, 0.05) is 0 Å². The first kappa shape index (κ1) is 14.4. The topological polar surface area (TPSA) is 58.6 Å². The highest BCUT2D eigenvalue weighted by molar-refractivity contribution is 5.74. The second-order valence-electron chi connectivity index (χ2n) is 5.74. The molecule has 90 valence electrons. The van der Waals surface area contributed by atoms with Gasteiger partial charge >= 0.3 is 5.97 Å². The second kappa shape index (κ2) is 4.94. The number of nitrogens with one attached hydrogen (secondary N) is 1. The van der Waals surface area contributed by atoms with Crippen molar-refractivity contribution in [2.24, 2.45) is 5.41 Å². The molecular weight excluding hydrogens is 194 g/mol. The number of ether oxygens (including phenoxy) is 1. The Bertz CT molecular complexity index is 213. The molecule has 0 bridgehead atoms. The molecule has 0 heterocycles. The lowest BCUT2D eigenvalue weighted by atomic mass is 9.87. The fourth-order valence-electron chi connectivity index (χ4n) is 1.11. The molecule has 0 aliphatic rings. The monoisotopic (exact) mass is 217 g/mol. The first-order chi connectivity index (χ1) is 6.54. The Morgan fingerprint density at radius 2 is 1.73 bits per heavy atom. The van der Waals surface area contributed by atoms with Crippen LogP contribution in [0.25, 0.3) is 0 Å². The van der Waals surface area contributed by atoms with Crippen molar-refractivity contribution in [1.82, 2.24) is 5.32 Å². The highest BCUT2D eigenvalue weighted by Crippen LogP contribution is 2.19. The van der Waals surface area contributed by atoms with Gasteiger partial charge in [0.05, 0.1) is 12.3 Å². The summed E-state index contributed by atoms with van der Waals surface area (Å²) in [6.07, 6.45) is 0. The van der Waals surface area contributed by atoms with E-state index in [1.165, 1.54) is 0 Å². The SMILES string of the molecule is CC(C)(C)OCNC(C(=O)O)C(C)(C)C. The van der Waals surface area contributed by atoms with Crippen LogP contribution in [-0.2, 0) is 9.53 Å². The van der Waals surface area contributed by atoms with Gasteiger partial charge in [0.2, 0.25) is 0 Å². The maximum atomic E-state index is 11.0. The smallest absolute Gasteiger partial charge is 0.321 e. The van der Waals surface area contributed by atoms with Crippen LogP contribution < -0.4 is 5.32 Å². The lowest BCUT2D eigenvalue weighted by Gasteiger charge is -2.29. The van der Waals surface area contributed by atoms with Crippen LogP contribution in [0.4, 0.5) is 0 Å². The predicted molar refractivity (Wildman–Crippen MR) is 59.7 cm³/mol. The van der Waals surface area contributed by atoms with Crippen LogP contribution in [0.3, 0.4) is 0 Å².